The van der Waals surface area contributed by atoms with Crippen molar-refractivity contribution in [3.05, 3.63) is 24.3 Å². The van der Waals surface area contributed by atoms with Gasteiger partial charge in [-0.15, -0.1) is 0 Å². The Balaban J connectivity index is 1.89. The molecule has 1 fully saturated rings. The zero-order valence-electron chi connectivity index (χ0n) is 10.6. The highest BCUT2D eigenvalue weighted by Crippen LogP contribution is 2.26. The minimum atomic E-state index is 0.573. The topological polar surface area (TPSA) is 34.0 Å². The van der Waals surface area contributed by atoms with Crippen molar-refractivity contribution < 1.29 is 0 Å². The first-order chi connectivity index (χ1) is 8.15. The molecular weight excluding hydrogens is 212 g/mol. The molecule has 3 heterocycles. The molecule has 0 saturated carbocycles. The highest BCUT2D eigenvalue weighted by atomic mass is 15.3. The fraction of sp³-hybridized carbons (Fsp3) is 0.538. The van der Waals surface area contributed by atoms with Crippen molar-refractivity contribution in [3.8, 4) is 0 Å². The second-order valence-corrected chi connectivity index (χ2v) is 5.17. The van der Waals surface area contributed by atoms with Gasteiger partial charge in [0.2, 0.25) is 0 Å². The van der Waals surface area contributed by atoms with Gasteiger partial charge >= 0.3 is 0 Å². The summed E-state index contributed by atoms with van der Waals surface area (Å²) in [5, 5.41) is 0. The summed E-state index contributed by atoms with van der Waals surface area (Å²) >= 11 is 0. The largest absolute Gasteiger partial charge is 0.325 e. The maximum atomic E-state index is 4.41. The van der Waals surface area contributed by atoms with Gasteiger partial charge in [0.25, 0.3) is 0 Å². The first-order valence-electron chi connectivity index (χ1n) is 6.18. The van der Waals surface area contributed by atoms with E-state index in [1.54, 1.807) is 0 Å². The van der Waals surface area contributed by atoms with Crippen LogP contribution in [0.15, 0.2) is 18.6 Å². The lowest BCUT2D eigenvalue weighted by Crippen LogP contribution is -2.50. The molecule has 3 rings (SSSR count). The summed E-state index contributed by atoms with van der Waals surface area (Å²) in [6.45, 7) is 8.78. The average molecular weight is 230 g/mol. The number of pyridine rings is 1. The van der Waals surface area contributed by atoms with Gasteiger partial charge in [-0.2, -0.15) is 0 Å². The SMILES string of the molecule is Cc1cc2c(cn1)ncn2C1CN(C(C)C)C1. The molecule has 1 aliphatic heterocycles. The average Bonchev–Trinajstić information content (AvgIpc) is 2.59. The third-order valence-corrected chi connectivity index (χ3v) is 3.61. The summed E-state index contributed by atoms with van der Waals surface area (Å²) in [4.78, 5) is 11.2. The Morgan fingerprint density at radius 1 is 1.29 bits per heavy atom. The van der Waals surface area contributed by atoms with Gasteiger partial charge in [0.05, 0.1) is 24.1 Å². The van der Waals surface area contributed by atoms with E-state index in [4.69, 9.17) is 0 Å². The molecule has 4 heteroatoms. The molecule has 0 unspecified atom stereocenters. The molecule has 0 radical (unpaired) electrons. The molecule has 0 spiro atoms. The summed E-state index contributed by atoms with van der Waals surface area (Å²) in [5.74, 6) is 0. The van der Waals surface area contributed by atoms with Gasteiger partial charge in [0.15, 0.2) is 0 Å². The van der Waals surface area contributed by atoms with Crippen LogP contribution in [0.3, 0.4) is 0 Å². The van der Waals surface area contributed by atoms with Gasteiger partial charge in [-0.05, 0) is 26.8 Å². The smallest absolute Gasteiger partial charge is 0.107 e. The van der Waals surface area contributed by atoms with Crippen molar-refractivity contribution in [2.24, 2.45) is 0 Å². The number of fused-ring (bicyclic) bond motifs is 1. The lowest BCUT2D eigenvalue weighted by Gasteiger charge is -2.42. The van der Waals surface area contributed by atoms with E-state index in [9.17, 15) is 0 Å². The van der Waals surface area contributed by atoms with Crippen molar-refractivity contribution in [3.63, 3.8) is 0 Å². The summed E-state index contributed by atoms with van der Waals surface area (Å²) in [5.41, 5.74) is 3.27. The van der Waals surface area contributed by atoms with Gasteiger partial charge in [-0.3, -0.25) is 9.88 Å². The van der Waals surface area contributed by atoms with E-state index in [0.29, 0.717) is 12.1 Å². The molecular formula is C13H18N4. The van der Waals surface area contributed by atoms with Gasteiger partial charge in [0, 0.05) is 24.8 Å². The van der Waals surface area contributed by atoms with E-state index < -0.39 is 0 Å². The Morgan fingerprint density at radius 3 is 2.76 bits per heavy atom. The van der Waals surface area contributed by atoms with E-state index in [1.807, 2.05) is 19.4 Å². The van der Waals surface area contributed by atoms with Gasteiger partial charge < -0.3 is 4.57 Å². The van der Waals surface area contributed by atoms with Crippen LogP contribution in [0.25, 0.3) is 11.0 Å². The van der Waals surface area contributed by atoms with Crippen LogP contribution in [0, 0.1) is 6.92 Å². The standard InChI is InChI=1S/C13H18N4/c1-9(2)16-6-11(7-16)17-8-15-12-5-14-10(3)4-13(12)17/h4-5,8-9,11H,6-7H2,1-3H3. The van der Waals surface area contributed by atoms with Crippen LogP contribution in [0.2, 0.25) is 0 Å². The minimum absolute atomic E-state index is 0.573. The predicted octanol–water partition coefficient (Wildman–Crippen LogP) is 2.00. The minimum Gasteiger partial charge on any atom is -0.325 e. The monoisotopic (exact) mass is 230 g/mol. The number of imidazole rings is 1. The quantitative estimate of drug-likeness (QED) is 0.791. The third kappa shape index (κ3) is 1.72. The highest BCUT2D eigenvalue weighted by molar-refractivity contribution is 5.74. The molecule has 1 saturated heterocycles. The van der Waals surface area contributed by atoms with Crippen LogP contribution in [0.5, 0.6) is 0 Å². The fourth-order valence-electron chi connectivity index (χ4n) is 2.41. The number of hydrogen-bond acceptors (Lipinski definition) is 3. The maximum Gasteiger partial charge on any atom is 0.107 e. The number of nitrogens with zero attached hydrogens (tertiary/aromatic N) is 4. The van der Waals surface area contributed by atoms with Gasteiger partial charge in [0.1, 0.15) is 5.52 Å². The number of likely N-dealkylation sites (tertiary alicyclic amines) is 1. The summed E-state index contributed by atoms with van der Waals surface area (Å²) < 4.78 is 2.29. The van der Waals surface area contributed by atoms with E-state index in [0.717, 1.165) is 24.3 Å². The molecule has 1 aliphatic rings. The zero-order chi connectivity index (χ0) is 12.0. The van der Waals surface area contributed by atoms with Gasteiger partial charge in [-0.25, -0.2) is 4.98 Å². The number of hydrogen-bond donors (Lipinski definition) is 0. The Labute approximate surface area is 101 Å². The molecule has 2 aromatic rings. The third-order valence-electron chi connectivity index (χ3n) is 3.61. The van der Waals surface area contributed by atoms with Crippen molar-refractivity contribution in [1.29, 1.82) is 0 Å². The van der Waals surface area contributed by atoms with Gasteiger partial charge in [-0.1, -0.05) is 0 Å². The molecule has 0 bridgehead atoms. The molecule has 0 aliphatic carbocycles. The van der Waals surface area contributed by atoms with Crippen LogP contribution >= 0.6 is 0 Å². The molecule has 4 nitrogen and oxygen atoms in total. The first kappa shape index (κ1) is 10.7. The molecule has 0 amide bonds. The van der Waals surface area contributed by atoms with E-state index in [2.05, 4.69) is 39.3 Å². The van der Waals surface area contributed by atoms with Crippen molar-refractivity contribution in [1.82, 2.24) is 19.4 Å². The predicted molar refractivity (Wildman–Crippen MR) is 68.0 cm³/mol. The van der Waals surface area contributed by atoms with E-state index >= 15 is 0 Å². The van der Waals surface area contributed by atoms with Crippen molar-refractivity contribution >= 4 is 11.0 Å². The second kappa shape index (κ2) is 3.81. The summed E-state index contributed by atoms with van der Waals surface area (Å²) in [6, 6.07) is 3.34. The zero-order valence-corrected chi connectivity index (χ0v) is 10.6. The van der Waals surface area contributed by atoms with Crippen LogP contribution < -0.4 is 0 Å². The highest BCUT2D eigenvalue weighted by Gasteiger charge is 2.30. The Bertz CT molecular complexity index is 537. The first-order valence-corrected chi connectivity index (χ1v) is 6.18. The number of aromatic nitrogens is 3. The molecule has 2 aromatic heterocycles. The van der Waals surface area contributed by atoms with E-state index in [1.165, 1.54) is 5.52 Å². The number of rotatable bonds is 2. The molecule has 17 heavy (non-hydrogen) atoms. The molecule has 0 atom stereocenters. The Morgan fingerprint density at radius 2 is 2.06 bits per heavy atom. The number of aryl methyl sites for hydroxylation is 1. The Kier molecular flexibility index (Phi) is 2.40. The van der Waals surface area contributed by atoms with Crippen LogP contribution in [-0.4, -0.2) is 38.6 Å². The van der Waals surface area contributed by atoms with Crippen LogP contribution in [0.1, 0.15) is 25.6 Å². The lowest BCUT2D eigenvalue weighted by molar-refractivity contribution is 0.0764. The molecule has 0 aromatic carbocycles. The van der Waals surface area contributed by atoms with Crippen molar-refractivity contribution in [2.45, 2.75) is 32.9 Å². The van der Waals surface area contributed by atoms with Crippen molar-refractivity contribution in [2.75, 3.05) is 13.1 Å². The lowest BCUT2D eigenvalue weighted by atomic mass is 10.1. The fourth-order valence-corrected chi connectivity index (χ4v) is 2.41. The Hall–Kier alpha value is -1.42. The van der Waals surface area contributed by atoms with E-state index in [-0.39, 0.29) is 0 Å². The summed E-state index contributed by atoms with van der Waals surface area (Å²) in [6.07, 6.45) is 3.81. The summed E-state index contributed by atoms with van der Waals surface area (Å²) in [7, 11) is 0. The molecule has 90 valence electrons. The normalized spacial score (nSPS) is 17.9. The maximum absolute atomic E-state index is 4.41. The van der Waals surface area contributed by atoms with Crippen LogP contribution in [-0.2, 0) is 0 Å². The van der Waals surface area contributed by atoms with Crippen LogP contribution in [0.4, 0.5) is 0 Å². The second-order valence-electron chi connectivity index (χ2n) is 5.17. The molecule has 0 N–H and O–H groups in total.